The van der Waals surface area contributed by atoms with E-state index < -0.39 is 5.91 Å². The molecule has 2 rings (SSSR count). The molecule has 1 aromatic heterocycles. The van der Waals surface area contributed by atoms with Crippen molar-refractivity contribution in [3.8, 4) is 23.7 Å². The number of hydrogen-bond acceptors (Lipinski definition) is 5. The number of carbonyl (C=O) groups excluding carboxylic acids is 1. The van der Waals surface area contributed by atoms with Gasteiger partial charge in [0, 0.05) is 11.1 Å². The van der Waals surface area contributed by atoms with Crippen molar-refractivity contribution in [2.24, 2.45) is 5.73 Å². The summed E-state index contributed by atoms with van der Waals surface area (Å²) in [4.78, 5) is 11.0. The second-order valence-electron chi connectivity index (χ2n) is 5.10. The summed E-state index contributed by atoms with van der Waals surface area (Å²) in [5, 5.41) is 8.57. The van der Waals surface area contributed by atoms with Gasteiger partial charge in [0.1, 0.15) is 12.4 Å². The monoisotopic (exact) mass is 353 g/mol. The highest BCUT2D eigenvalue weighted by molar-refractivity contribution is 5.92. The van der Waals surface area contributed by atoms with Gasteiger partial charge in [-0.15, -0.1) is 0 Å². The number of primary amides is 1. The molecule has 0 spiro atoms. The Morgan fingerprint density at radius 2 is 1.73 bits per heavy atom. The van der Waals surface area contributed by atoms with Crippen LogP contribution in [0.25, 0.3) is 0 Å². The quantitative estimate of drug-likeness (QED) is 0.551. The van der Waals surface area contributed by atoms with Crippen molar-refractivity contribution in [2.75, 3.05) is 26.4 Å². The van der Waals surface area contributed by atoms with Gasteiger partial charge < -0.3 is 24.7 Å². The summed E-state index contributed by atoms with van der Waals surface area (Å²) >= 11 is 0. The molecule has 0 unspecified atom stereocenters. The second-order valence-corrected chi connectivity index (χ2v) is 5.10. The lowest BCUT2D eigenvalue weighted by molar-refractivity contribution is 0.0228. The number of nitrogens with two attached hydrogens (primary N) is 1. The van der Waals surface area contributed by atoms with Gasteiger partial charge in [0.05, 0.1) is 26.4 Å². The van der Waals surface area contributed by atoms with Crippen LogP contribution in [0.15, 0.2) is 40.8 Å². The van der Waals surface area contributed by atoms with Crippen molar-refractivity contribution in [3.63, 3.8) is 0 Å². The van der Waals surface area contributed by atoms with E-state index in [2.05, 4.69) is 23.7 Å². The molecule has 0 saturated heterocycles. The van der Waals surface area contributed by atoms with Gasteiger partial charge in [0.25, 0.3) is 0 Å². The Kier molecular flexibility index (Phi) is 7.98. The fraction of sp³-hybridized carbons (Fsp3) is 0.250. The van der Waals surface area contributed by atoms with E-state index in [1.165, 1.54) is 0 Å². The molecule has 1 aromatic carbocycles. The Labute approximate surface area is 151 Å². The van der Waals surface area contributed by atoms with Gasteiger partial charge in [-0.25, -0.2) is 0 Å². The van der Waals surface area contributed by atoms with Crippen molar-refractivity contribution in [3.05, 3.63) is 59.0 Å². The van der Waals surface area contributed by atoms with Crippen LogP contribution in [0.1, 0.15) is 27.4 Å². The standard InChI is InChI=1S/C20H19NO5/c21-20(23)17-7-5-16(6-8-17)3-1-2-4-18-9-10-19(26-18)15-25-14-13-24-12-11-22/h5-10,22H,11-15H2,(H2,21,23). The summed E-state index contributed by atoms with van der Waals surface area (Å²) in [6.07, 6.45) is 0. The predicted octanol–water partition coefficient (Wildman–Crippen LogP) is 1.31. The first-order valence-corrected chi connectivity index (χ1v) is 7.96. The Morgan fingerprint density at radius 1 is 1.00 bits per heavy atom. The van der Waals surface area contributed by atoms with Crippen LogP contribution < -0.4 is 5.73 Å². The predicted molar refractivity (Wildman–Crippen MR) is 95.0 cm³/mol. The molecule has 6 nitrogen and oxygen atoms in total. The van der Waals surface area contributed by atoms with Crippen molar-refractivity contribution in [1.82, 2.24) is 0 Å². The van der Waals surface area contributed by atoms with Crippen LogP contribution in [0, 0.1) is 23.7 Å². The third kappa shape index (κ3) is 6.84. The van der Waals surface area contributed by atoms with Gasteiger partial charge in [-0.2, -0.15) is 0 Å². The summed E-state index contributed by atoms with van der Waals surface area (Å²) in [5.41, 5.74) is 6.35. The van der Waals surface area contributed by atoms with Crippen LogP contribution in [0.3, 0.4) is 0 Å². The molecule has 134 valence electrons. The average molecular weight is 353 g/mol. The van der Waals surface area contributed by atoms with Crippen LogP contribution in [0.5, 0.6) is 0 Å². The van der Waals surface area contributed by atoms with Gasteiger partial charge in [-0.1, -0.05) is 5.92 Å². The number of furan rings is 1. The highest BCUT2D eigenvalue weighted by Gasteiger charge is 2.00. The van der Waals surface area contributed by atoms with Gasteiger partial charge >= 0.3 is 0 Å². The lowest BCUT2D eigenvalue weighted by atomic mass is 10.1. The number of ether oxygens (including phenoxy) is 2. The third-order valence-corrected chi connectivity index (χ3v) is 3.14. The molecule has 2 aromatic rings. The van der Waals surface area contributed by atoms with E-state index in [9.17, 15) is 4.79 Å². The molecular weight excluding hydrogens is 334 g/mol. The molecule has 26 heavy (non-hydrogen) atoms. The van der Waals surface area contributed by atoms with E-state index in [4.69, 9.17) is 24.7 Å². The van der Waals surface area contributed by atoms with Crippen molar-refractivity contribution in [1.29, 1.82) is 0 Å². The first kappa shape index (κ1) is 19.3. The normalized spacial score (nSPS) is 9.73. The highest BCUT2D eigenvalue weighted by atomic mass is 16.5. The summed E-state index contributed by atoms with van der Waals surface area (Å²) in [6, 6.07) is 10.2. The van der Waals surface area contributed by atoms with E-state index in [0.29, 0.717) is 43.5 Å². The Balaban J connectivity index is 1.80. The summed E-state index contributed by atoms with van der Waals surface area (Å²) in [5.74, 6) is 11.8. The zero-order valence-electron chi connectivity index (χ0n) is 14.2. The molecule has 0 radical (unpaired) electrons. The number of hydrogen-bond donors (Lipinski definition) is 2. The SMILES string of the molecule is NC(=O)c1ccc(C#CC#Cc2ccc(COCCOCCO)o2)cc1. The number of aliphatic hydroxyl groups is 1. The van der Waals surface area contributed by atoms with Crippen LogP contribution in [0.2, 0.25) is 0 Å². The topological polar surface area (TPSA) is 94.9 Å². The third-order valence-electron chi connectivity index (χ3n) is 3.14. The fourth-order valence-corrected chi connectivity index (χ4v) is 1.89. The number of aliphatic hydroxyl groups excluding tert-OH is 1. The Hall–Kier alpha value is -3.03. The lowest BCUT2D eigenvalue weighted by Crippen LogP contribution is -2.10. The number of benzene rings is 1. The van der Waals surface area contributed by atoms with Crippen molar-refractivity contribution >= 4 is 5.91 Å². The first-order chi connectivity index (χ1) is 12.7. The minimum absolute atomic E-state index is 0.00178. The largest absolute Gasteiger partial charge is 0.450 e. The Morgan fingerprint density at radius 3 is 2.46 bits per heavy atom. The van der Waals surface area contributed by atoms with E-state index in [1.807, 2.05) is 0 Å². The number of amides is 1. The second kappa shape index (κ2) is 10.8. The van der Waals surface area contributed by atoms with Crippen LogP contribution in [0.4, 0.5) is 0 Å². The maximum Gasteiger partial charge on any atom is 0.248 e. The fourth-order valence-electron chi connectivity index (χ4n) is 1.89. The molecule has 0 aliphatic carbocycles. The summed E-state index contributed by atoms with van der Waals surface area (Å²) < 4.78 is 16.0. The Bertz CT molecular complexity index is 831. The maximum atomic E-state index is 11.0. The maximum absolute atomic E-state index is 11.0. The molecule has 1 heterocycles. The molecule has 0 fully saturated rings. The van der Waals surface area contributed by atoms with Gasteiger partial charge in [0.2, 0.25) is 5.91 Å². The average Bonchev–Trinajstić information content (AvgIpc) is 3.10. The highest BCUT2D eigenvalue weighted by Crippen LogP contribution is 2.07. The van der Waals surface area contributed by atoms with E-state index >= 15 is 0 Å². The van der Waals surface area contributed by atoms with Gasteiger partial charge in [0.15, 0.2) is 5.76 Å². The van der Waals surface area contributed by atoms with E-state index in [0.717, 1.165) is 5.56 Å². The molecule has 6 heteroatoms. The van der Waals surface area contributed by atoms with Gasteiger partial charge in [-0.05, 0) is 54.2 Å². The molecule has 0 aliphatic rings. The van der Waals surface area contributed by atoms with Crippen LogP contribution >= 0.6 is 0 Å². The summed E-state index contributed by atoms with van der Waals surface area (Å²) in [6.45, 7) is 1.47. The van der Waals surface area contributed by atoms with Gasteiger partial charge in [-0.3, -0.25) is 4.79 Å². The summed E-state index contributed by atoms with van der Waals surface area (Å²) in [7, 11) is 0. The first-order valence-electron chi connectivity index (χ1n) is 7.96. The smallest absolute Gasteiger partial charge is 0.248 e. The molecule has 0 aliphatic heterocycles. The van der Waals surface area contributed by atoms with E-state index in [1.54, 1.807) is 36.4 Å². The van der Waals surface area contributed by atoms with Crippen LogP contribution in [-0.2, 0) is 16.1 Å². The zero-order valence-corrected chi connectivity index (χ0v) is 14.2. The minimum atomic E-state index is -0.473. The molecular formula is C20H19NO5. The number of rotatable bonds is 8. The zero-order chi connectivity index (χ0) is 18.6. The molecule has 0 bridgehead atoms. The van der Waals surface area contributed by atoms with Crippen molar-refractivity contribution < 1.29 is 23.8 Å². The van der Waals surface area contributed by atoms with E-state index in [-0.39, 0.29) is 6.61 Å². The molecule has 1 amide bonds. The number of carbonyl (C=O) groups is 1. The molecule has 0 saturated carbocycles. The van der Waals surface area contributed by atoms with Crippen molar-refractivity contribution in [2.45, 2.75) is 6.61 Å². The molecule has 3 N–H and O–H groups in total. The lowest BCUT2D eigenvalue weighted by Gasteiger charge is -2.02. The minimum Gasteiger partial charge on any atom is -0.450 e. The molecule has 0 atom stereocenters. The van der Waals surface area contributed by atoms with Crippen LogP contribution in [-0.4, -0.2) is 37.4 Å².